The van der Waals surface area contributed by atoms with Gasteiger partial charge in [-0.15, -0.1) is 0 Å². The Kier molecular flexibility index (Phi) is 5.38. The number of aromatic hydroxyl groups is 1. The lowest BCUT2D eigenvalue weighted by atomic mass is 9.99. The van der Waals surface area contributed by atoms with Gasteiger partial charge in [-0.3, -0.25) is 9.78 Å². The molecule has 8 nitrogen and oxygen atoms in total. The minimum Gasteiger partial charge on any atom is -0.504 e. The maximum Gasteiger partial charge on any atom is 0.255 e. The smallest absolute Gasteiger partial charge is 0.255 e. The molecule has 2 aromatic heterocycles. The van der Waals surface area contributed by atoms with Crippen molar-refractivity contribution in [3.05, 3.63) is 52.7 Å². The molecule has 1 fully saturated rings. The van der Waals surface area contributed by atoms with Gasteiger partial charge in [0.05, 0.1) is 40.5 Å². The number of carbonyl (C=O) groups is 1. The third kappa shape index (κ3) is 3.98. The number of nitrogens with one attached hydrogen (secondary N) is 3. The molecule has 4 N–H and O–H groups in total. The zero-order chi connectivity index (χ0) is 23.2. The van der Waals surface area contributed by atoms with Gasteiger partial charge in [0.2, 0.25) is 0 Å². The normalized spacial score (nSPS) is 19.4. The maximum absolute atomic E-state index is 14.0. The van der Waals surface area contributed by atoms with Crippen molar-refractivity contribution < 1.29 is 23.8 Å². The summed E-state index contributed by atoms with van der Waals surface area (Å²) in [4.78, 5) is 20.2. The van der Waals surface area contributed by atoms with Crippen LogP contribution in [0.4, 0.5) is 15.8 Å². The Balaban J connectivity index is 1.60. The minimum absolute atomic E-state index is 0.0355. The van der Waals surface area contributed by atoms with Gasteiger partial charge in [-0.1, -0.05) is 11.6 Å². The summed E-state index contributed by atoms with van der Waals surface area (Å²) in [7, 11) is 0. The summed E-state index contributed by atoms with van der Waals surface area (Å²) >= 11 is 5.96. The molecule has 1 saturated heterocycles. The molecule has 0 saturated carbocycles. The molecule has 0 radical (unpaired) electrons. The van der Waals surface area contributed by atoms with E-state index in [0.29, 0.717) is 54.4 Å². The van der Waals surface area contributed by atoms with E-state index in [1.165, 1.54) is 0 Å². The predicted molar refractivity (Wildman–Crippen MR) is 121 cm³/mol. The molecule has 4 heterocycles. The van der Waals surface area contributed by atoms with Gasteiger partial charge in [-0.05, 0) is 19.1 Å². The second-order valence-corrected chi connectivity index (χ2v) is 8.76. The van der Waals surface area contributed by atoms with Gasteiger partial charge in [-0.2, -0.15) is 0 Å². The minimum atomic E-state index is -0.627. The number of nitrogens with zero attached hydrogens (tertiary/aromatic N) is 1. The predicted octanol–water partition coefficient (Wildman–Crippen LogP) is 4.16. The highest BCUT2D eigenvalue weighted by Crippen LogP contribution is 2.43. The van der Waals surface area contributed by atoms with Gasteiger partial charge in [0.1, 0.15) is 23.8 Å². The van der Waals surface area contributed by atoms with Gasteiger partial charge in [0.15, 0.2) is 5.75 Å². The number of aromatic amines is 1. The van der Waals surface area contributed by atoms with E-state index in [0.717, 1.165) is 24.2 Å². The zero-order valence-electron chi connectivity index (χ0n) is 17.8. The second-order valence-electron chi connectivity index (χ2n) is 8.35. The average molecular weight is 473 g/mol. The summed E-state index contributed by atoms with van der Waals surface area (Å²) in [6.07, 6.45) is 4.69. The number of hydrogen-bond acceptors (Lipinski definition) is 6. The summed E-state index contributed by atoms with van der Waals surface area (Å²) in [5, 5.41) is 16.1. The molecule has 0 bridgehead atoms. The number of pyridine rings is 1. The van der Waals surface area contributed by atoms with Crippen molar-refractivity contribution in [2.45, 2.75) is 25.4 Å². The Labute approximate surface area is 194 Å². The van der Waals surface area contributed by atoms with E-state index in [-0.39, 0.29) is 28.0 Å². The van der Waals surface area contributed by atoms with Crippen molar-refractivity contribution in [1.29, 1.82) is 0 Å². The lowest BCUT2D eigenvalue weighted by Gasteiger charge is -2.38. The van der Waals surface area contributed by atoms with Crippen molar-refractivity contribution >= 4 is 28.9 Å². The summed E-state index contributed by atoms with van der Waals surface area (Å²) in [6.45, 7) is 3.51. The monoisotopic (exact) mass is 472 g/mol. The number of halogens is 2. The van der Waals surface area contributed by atoms with Crippen molar-refractivity contribution in [2.75, 3.05) is 25.1 Å². The number of phenolic OH excluding ortho intramolecular Hbond substituents is 1. The first-order valence-corrected chi connectivity index (χ1v) is 10.9. The molecule has 1 aromatic carbocycles. The van der Waals surface area contributed by atoms with Crippen LogP contribution in [0, 0.1) is 5.82 Å². The number of carbonyl (C=O) groups excluding carboxylic acids is 1. The fourth-order valence-corrected chi connectivity index (χ4v) is 4.20. The third-order valence-corrected chi connectivity index (χ3v) is 6.21. The highest BCUT2D eigenvalue weighted by atomic mass is 35.5. The lowest BCUT2D eigenvalue weighted by Crippen LogP contribution is -2.45. The highest BCUT2D eigenvalue weighted by molar-refractivity contribution is 6.32. The van der Waals surface area contributed by atoms with Gasteiger partial charge >= 0.3 is 0 Å². The number of ether oxygens (including phenoxy) is 2. The van der Waals surface area contributed by atoms with E-state index < -0.39 is 5.82 Å². The number of fused-ring (bicyclic) bond motifs is 1. The van der Waals surface area contributed by atoms with E-state index >= 15 is 0 Å². The summed E-state index contributed by atoms with van der Waals surface area (Å²) in [5.74, 6) is -0.734. The first-order chi connectivity index (χ1) is 15.8. The van der Waals surface area contributed by atoms with Gasteiger partial charge < -0.3 is 30.2 Å². The van der Waals surface area contributed by atoms with Crippen LogP contribution in [0.3, 0.4) is 0 Å². The summed E-state index contributed by atoms with van der Waals surface area (Å²) < 4.78 is 25.7. The van der Waals surface area contributed by atoms with Crippen LogP contribution in [0.1, 0.15) is 29.4 Å². The Bertz CT molecular complexity index is 1240. The lowest BCUT2D eigenvalue weighted by molar-refractivity contribution is -0.152. The highest BCUT2D eigenvalue weighted by Gasteiger charge is 2.35. The van der Waals surface area contributed by atoms with Crippen LogP contribution in [-0.4, -0.2) is 46.3 Å². The van der Waals surface area contributed by atoms with Gasteiger partial charge in [-0.25, -0.2) is 4.39 Å². The molecule has 1 unspecified atom stereocenters. The number of hydrogen-bond donors (Lipinski definition) is 4. The molecule has 0 aliphatic carbocycles. The number of benzene rings is 1. The largest absolute Gasteiger partial charge is 0.504 e. The number of phenols is 1. The molecular weight excluding hydrogens is 451 g/mol. The van der Waals surface area contributed by atoms with E-state index in [9.17, 15) is 14.3 Å². The van der Waals surface area contributed by atoms with Crippen LogP contribution >= 0.6 is 11.6 Å². The van der Waals surface area contributed by atoms with E-state index in [2.05, 4.69) is 20.6 Å². The first-order valence-electron chi connectivity index (χ1n) is 10.5. The zero-order valence-corrected chi connectivity index (χ0v) is 18.6. The second kappa shape index (κ2) is 8.24. The number of rotatable bonds is 6. The van der Waals surface area contributed by atoms with Crippen LogP contribution in [0.2, 0.25) is 5.02 Å². The maximum atomic E-state index is 14.0. The molecule has 172 valence electrons. The Morgan fingerprint density at radius 2 is 2.24 bits per heavy atom. The third-order valence-electron chi connectivity index (χ3n) is 5.92. The number of aromatic nitrogens is 2. The number of amides is 1. The summed E-state index contributed by atoms with van der Waals surface area (Å²) in [6, 6.07) is 3.89. The van der Waals surface area contributed by atoms with Gasteiger partial charge in [0, 0.05) is 42.9 Å². The molecule has 3 aromatic rings. The van der Waals surface area contributed by atoms with Crippen LogP contribution in [0.25, 0.3) is 11.3 Å². The SMILES string of the molecule is CC1(COc2cnccc2-c2[nH]c3c(c2Nc2cc(F)cc(Cl)c2O)C(=O)NCC3)CCO1. The average Bonchev–Trinajstić information content (AvgIpc) is 3.14. The molecule has 2 aliphatic rings. The first kappa shape index (κ1) is 21.5. The molecular formula is C23H22ClFN4O4. The van der Waals surface area contributed by atoms with Crippen molar-refractivity contribution in [1.82, 2.24) is 15.3 Å². The number of anilines is 2. The molecule has 2 aliphatic heterocycles. The Hall–Kier alpha value is -3.30. The van der Waals surface area contributed by atoms with Crippen LogP contribution in [0.15, 0.2) is 30.6 Å². The summed E-state index contributed by atoms with van der Waals surface area (Å²) in [5.41, 5.74) is 2.36. The molecule has 0 spiro atoms. The standard InChI is InChI=1S/C23H22ClFN4O4/c1-23(4-7-33-23)11-32-17-10-26-5-2-13(17)19-20(18-15(28-19)3-6-27-22(18)31)29-16-9-12(25)8-14(24)21(16)30/h2,5,8-10,28-30H,3-4,6-7,11H2,1H3,(H,27,31). The van der Waals surface area contributed by atoms with E-state index in [4.69, 9.17) is 21.1 Å². The quantitative estimate of drug-likeness (QED) is 0.401. The topological polar surface area (TPSA) is 109 Å². The fraction of sp³-hybridized carbons (Fsp3) is 0.304. The molecule has 1 atom stereocenters. The number of H-pyrrole nitrogens is 1. The molecule has 5 rings (SSSR count). The molecule has 10 heteroatoms. The van der Waals surface area contributed by atoms with E-state index in [1.54, 1.807) is 18.5 Å². The Morgan fingerprint density at radius 3 is 3.00 bits per heavy atom. The molecule has 1 amide bonds. The fourth-order valence-electron chi connectivity index (χ4n) is 4.00. The van der Waals surface area contributed by atoms with Crippen LogP contribution in [-0.2, 0) is 11.2 Å². The van der Waals surface area contributed by atoms with Crippen molar-refractivity contribution in [2.24, 2.45) is 0 Å². The Morgan fingerprint density at radius 1 is 1.42 bits per heavy atom. The van der Waals surface area contributed by atoms with Crippen LogP contribution < -0.4 is 15.4 Å². The van der Waals surface area contributed by atoms with Crippen molar-refractivity contribution in [3.8, 4) is 22.8 Å². The van der Waals surface area contributed by atoms with Gasteiger partial charge in [0.25, 0.3) is 5.91 Å². The van der Waals surface area contributed by atoms with Crippen molar-refractivity contribution in [3.63, 3.8) is 0 Å². The molecule has 33 heavy (non-hydrogen) atoms. The van der Waals surface area contributed by atoms with E-state index in [1.807, 2.05) is 6.92 Å². The van der Waals surface area contributed by atoms with Crippen LogP contribution in [0.5, 0.6) is 11.5 Å².